The summed E-state index contributed by atoms with van der Waals surface area (Å²) in [5, 5.41) is 3.49. The van der Waals surface area contributed by atoms with Crippen LogP contribution >= 0.6 is 15.9 Å². The largest absolute Gasteiger partial charge is 0.493 e. The molecule has 112 valence electrons. The van der Waals surface area contributed by atoms with Gasteiger partial charge in [0.15, 0.2) is 11.5 Å². The highest BCUT2D eigenvalue weighted by Crippen LogP contribution is 2.37. The standard InChI is InChI=1S/C15H22BrNO3/c1-10(18-2)9-20-15-13(16)6-11(7-14(15)19-3)8-17-12-4-5-12/h6-7,10,12,17H,4-5,8-9H2,1-3H3. The molecule has 1 atom stereocenters. The molecular formula is C15H22BrNO3. The van der Waals surface area contributed by atoms with Gasteiger partial charge in [-0.05, 0) is 53.4 Å². The molecule has 1 unspecified atom stereocenters. The summed E-state index contributed by atoms with van der Waals surface area (Å²) >= 11 is 3.56. The maximum atomic E-state index is 5.79. The number of hydrogen-bond acceptors (Lipinski definition) is 4. The average molecular weight is 344 g/mol. The number of benzene rings is 1. The Bertz CT molecular complexity index is 449. The Labute approximate surface area is 128 Å². The molecule has 1 saturated carbocycles. The molecule has 0 amide bonds. The van der Waals surface area contributed by atoms with E-state index < -0.39 is 0 Å². The molecule has 4 nitrogen and oxygen atoms in total. The van der Waals surface area contributed by atoms with Crippen LogP contribution in [0.25, 0.3) is 0 Å². The zero-order chi connectivity index (χ0) is 14.5. The van der Waals surface area contributed by atoms with Crippen molar-refractivity contribution in [3.05, 3.63) is 22.2 Å². The lowest BCUT2D eigenvalue weighted by atomic mass is 10.2. The number of hydrogen-bond donors (Lipinski definition) is 1. The smallest absolute Gasteiger partial charge is 0.175 e. The van der Waals surface area contributed by atoms with Gasteiger partial charge in [0.25, 0.3) is 0 Å². The average Bonchev–Trinajstić information content (AvgIpc) is 3.27. The molecule has 2 rings (SSSR count). The van der Waals surface area contributed by atoms with E-state index in [2.05, 4.69) is 27.3 Å². The molecule has 0 aliphatic heterocycles. The zero-order valence-corrected chi connectivity index (χ0v) is 13.8. The van der Waals surface area contributed by atoms with Crippen LogP contribution in [0.15, 0.2) is 16.6 Å². The van der Waals surface area contributed by atoms with Crippen molar-refractivity contribution in [2.24, 2.45) is 0 Å². The molecule has 0 radical (unpaired) electrons. The van der Waals surface area contributed by atoms with Crippen molar-refractivity contribution in [3.8, 4) is 11.5 Å². The van der Waals surface area contributed by atoms with Crippen molar-refractivity contribution in [3.63, 3.8) is 0 Å². The van der Waals surface area contributed by atoms with Gasteiger partial charge < -0.3 is 19.5 Å². The van der Waals surface area contributed by atoms with Crippen LogP contribution in [0.2, 0.25) is 0 Å². The second-order valence-electron chi connectivity index (χ2n) is 5.12. The lowest BCUT2D eigenvalue weighted by Crippen LogP contribution is -2.17. The summed E-state index contributed by atoms with van der Waals surface area (Å²) in [5.41, 5.74) is 1.19. The maximum Gasteiger partial charge on any atom is 0.175 e. The fourth-order valence-electron chi connectivity index (χ4n) is 1.83. The van der Waals surface area contributed by atoms with Gasteiger partial charge in [-0.15, -0.1) is 0 Å². The molecule has 1 N–H and O–H groups in total. The lowest BCUT2D eigenvalue weighted by molar-refractivity contribution is 0.0703. The quantitative estimate of drug-likeness (QED) is 0.787. The number of ether oxygens (including phenoxy) is 3. The summed E-state index contributed by atoms with van der Waals surface area (Å²) in [7, 11) is 3.33. The van der Waals surface area contributed by atoms with E-state index in [-0.39, 0.29) is 6.10 Å². The van der Waals surface area contributed by atoms with Crippen molar-refractivity contribution in [1.29, 1.82) is 0 Å². The Morgan fingerprint density at radius 1 is 1.35 bits per heavy atom. The third-order valence-corrected chi connectivity index (χ3v) is 3.92. The normalized spacial score (nSPS) is 16.0. The molecule has 5 heteroatoms. The van der Waals surface area contributed by atoms with E-state index in [0.717, 1.165) is 22.5 Å². The van der Waals surface area contributed by atoms with Crippen LogP contribution in [0.5, 0.6) is 11.5 Å². The molecule has 20 heavy (non-hydrogen) atoms. The number of rotatable bonds is 8. The predicted octanol–water partition coefficient (Wildman–Crippen LogP) is 3.12. The first kappa shape index (κ1) is 15.6. The van der Waals surface area contributed by atoms with Crippen molar-refractivity contribution in [2.45, 2.75) is 38.5 Å². The maximum absolute atomic E-state index is 5.79. The Balaban J connectivity index is 2.05. The Kier molecular flexibility index (Phi) is 5.69. The highest BCUT2D eigenvalue weighted by molar-refractivity contribution is 9.10. The van der Waals surface area contributed by atoms with Gasteiger partial charge in [0.05, 0.1) is 17.7 Å². The van der Waals surface area contributed by atoms with E-state index in [1.54, 1.807) is 14.2 Å². The van der Waals surface area contributed by atoms with Gasteiger partial charge in [-0.2, -0.15) is 0 Å². The minimum Gasteiger partial charge on any atom is -0.493 e. The van der Waals surface area contributed by atoms with Crippen LogP contribution in [0, 0.1) is 0 Å². The molecule has 0 saturated heterocycles. The van der Waals surface area contributed by atoms with Crippen LogP contribution in [0.4, 0.5) is 0 Å². The molecule has 1 aliphatic carbocycles. The summed E-state index contributed by atoms with van der Waals surface area (Å²) in [6.45, 7) is 3.31. The highest BCUT2D eigenvalue weighted by Gasteiger charge is 2.20. The van der Waals surface area contributed by atoms with E-state index in [1.165, 1.54) is 18.4 Å². The van der Waals surface area contributed by atoms with Crippen molar-refractivity contribution in [1.82, 2.24) is 5.32 Å². The van der Waals surface area contributed by atoms with E-state index in [1.807, 2.05) is 13.0 Å². The van der Waals surface area contributed by atoms with Gasteiger partial charge in [-0.1, -0.05) is 0 Å². The Morgan fingerprint density at radius 3 is 2.70 bits per heavy atom. The summed E-state index contributed by atoms with van der Waals surface area (Å²) in [6, 6.07) is 4.79. The van der Waals surface area contributed by atoms with Crippen LogP contribution < -0.4 is 14.8 Å². The molecule has 0 bridgehead atoms. The summed E-state index contributed by atoms with van der Waals surface area (Å²) in [6.07, 6.45) is 2.62. The molecule has 0 heterocycles. The molecule has 1 aromatic carbocycles. The van der Waals surface area contributed by atoms with E-state index in [4.69, 9.17) is 14.2 Å². The van der Waals surface area contributed by atoms with Crippen molar-refractivity contribution >= 4 is 15.9 Å². The van der Waals surface area contributed by atoms with Crippen LogP contribution in [-0.4, -0.2) is 33.0 Å². The SMILES string of the molecule is COc1cc(CNC2CC2)cc(Br)c1OCC(C)OC. The van der Waals surface area contributed by atoms with Crippen LogP contribution in [-0.2, 0) is 11.3 Å². The van der Waals surface area contributed by atoms with Gasteiger partial charge in [0.1, 0.15) is 6.61 Å². The molecular weight excluding hydrogens is 322 g/mol. The zero-order valence-electron chi connectivity index (χ0n) is 12.2. The van der Waals surface area contributed by atoms with Crippen molar-refractivity contribution < 1.29 is 14.2 Å². The van der Waals surface area contributed by atoms with Gasteiger partial charge in [0.2, 0.25) is 0 Å². The summed E-state index contributed by atoms with van der Waals surface area (Å²) < 4.78 is 17.3. The predicted molar refractivity (Wildman–Crippen MR) is 82.5 cm³/mol. The van der Waals surface area contributed by atoms with Gasteiger partial charge >= 0.3 is 0 Å². The molecule has 1 aliphatic rings. The highest BCUT2D eigenvalue weighted by atomic mass is 79.9. The number of methoxy groups -OCH3 is 2. The Hall–Kier alpha value is -0.780. The number of nitrogens with one attached hydrogen (secondary N) is 1. The molecule has 1 fully saturated rings. The molecule has 0 spiro atoms. The fraction of sp³-hybridized carbons (Fsp3) is 0.600. The van der Waals surface area contributed by atoms with E-state index in [0.29, 0.717) is 12.6 Å². The first-order chi connectivity index (χ1) is 9.63. The van der Waals surface area contributed by atoms with Crippen LogP contribution in [0.3, 0.4) is 0 Å². The third kappa shape index (κ3) is 4.36. The van der Waals surface area contributed by atoms with Gasteiger partial charge in [0, 0.05) is 19.7 Å². The first-order valence-corrected chi connectivity index (χ1v) is 7.68. The Morgan fingerprint density at radius 2 is 2.10 bits per heavy atom. The minimum atomic E-state index is 0.0443. The van der Waals surface area contributed by atoms with E-state index >= 15 is 0 Å². The topological polar surface area (TPSA) is 39.7 Å². The second kappa shape index (κ2) is 7.29. The lowest BCUT2D eigenvalue weighted by Gasteiger charge is -2.16. The fourth-order valence-corrected chi connectivity index (χ4v) is 2.44. The van der Waals surface area contributed by atoms with Gasteiger partial charge in [-0.3, -0.25) is 0 Å². The molecule has 0 aromatic heterocycles. The third-order valence-electron chi connectivity index (χ3n) is 3.33. The second-order valence-corrected chi connectivity index (χ2v) is 5.98. The molecule has 1 aromatic rings. The van der Waals surface area contributed by atoms with Gasteiger partial charge in [-0.25, -0.2) is 0 Å². The van der Waals surface area contributed by atoms with E-state index in [9.17, 15) is 0 Å². The summed E-state index contributed by atoms with van der Waals surface area (Å²) in [4.78, 5) is 0. The van der Waals surface area contributed by atoms with Crippen LogP contribution in [0.1, 0.15) is 25.3 Å². The number of halogens is 1. The summed E-state index contributed by atoms with van der Waals surface area (Å²) in [5.74, 6) is 1.47. The minimum absolute atomic E-state index is 0.0443. The van der Waals surface area contributed by atoms with Crippen molar-refractivity contribution in [2.75, 3.05) is 20.8 Å². The monoisotopic (exact) mass is 343 g/mol. The first-order valence-electron chi connectivity index (χ1n) is 6.89.